The van der Waals surface area contributed by atoms with Crippen molar-refractivity contribution in [3.05, 3.63) is 22.8 Å². The molecule has 1 saturated carbocycles. The number of anilines is 1. The van der Waals surface area contributed by atoms with Crippen molar-refractivity contribution in [3.8, 4) is 0 Å². The molecule has 1 saturated heterocycles. The van der Waals surface area contributed by atoms with Gasteiger partial charge in [0.05, 0.1) is 24.9 Å². The Bertz CT molecular complexity index is 503. The molecule has 1 atom stereocenters. The molecule has 1 aromatic rings. The van der Waals surface area contributed by atoms with Gasteiger partial charge in [-0.15, -0.1) is 0 Å². The summed E-state index contributed by atoms with van der Waals surface area (Å²) in [6.07, 6.45) is 4.96. The maximum atomic E-state index is 10.9. The molecule has 0 spiro atoms. The second kappa shape index (κ2) is 6.11. The molecule has 1 aromatic heterocycles. The molecule has 1 N–H and O–H groups in total. The third-order valence-electron chi connectivity index (χ3n) is 4.66. The number of aliphatic hydroxyl groups is 1. The number of aromatic nitrogens is 1. The summed E-state index contributed by atoms with van der Waals surface area (Å²) in [5.74, 6) is 0.854. The first kappa shape index (κ1) is 15.1. The van der Waals surface area contributed by atoms with Crippen molar-refractivity contribution >= 4 is 17.4 Å². The lowest BCUT2D eigenvalue weighted by molar-refractivity contribution is -0.000691. The molecule has 2 aliphatic rings. The molecule has 3 rings (SSSR count). The lowest BCUT2D eigenvalue weighted by atomic mass is 9.80. The molecule has 1 unspecified atom stereocenters. The van der Waals surface area contributed by atoms with Gasteiger partial charge >= 0.3 is 0 Å². The van der Waals surface area contributed by atoms with Crippen molar-refractivity contribution in [1.82, 2.24) is 4.98 Å². The zero-order chi connectivity index (χ0) is 14.9. The zero-order valence-electron chi connectivity index (χ0n) is 12.5. The summed E-state index contributed by atoms with van der Waals surface area (Å²) in [5.41, 5.74) is 0.172. The topological polar surface area (TPSA) is 45.6 Å². The average molecular weight is 311 g/mol. The molecule has 21 heavy (non-hydrogen) atoms. The van der Waals surface area contributed by atoms with Crippen LogP contribution in [0.25, 0.3) is 0 Å². The smallest absolute Gasteiger partial charge is 0.131 e. The first-order valence-corrected chi connectivity index (χ1v) is 8.21. The van der Waals surface area contributed by atoms with Crippen molar-refractivity contribution in [2.75, 3.05) is 24.7 Å². The number of rotatable bonds is 2. The molecule has 1 aliphatic carbocycles. The fraction of sp³-hybridized carbons (Fsp3) is 0.688. The molecule has 2 heterocycles. The number of halogens is 1. The van der Waals surface area contributed by atoms with Gasteiger partial charge in [0.15, 0.2) is 0 Å². The Balaban J connectivity index is 1.92. The highest BCUT2D eigenvalue weighted by molar-refractivity contribution is 6.29. The largest absolute Gasteiger partial charge is 0.385 e. The highest BCUT2D eigenvalue weighted by Gasteiger charge is 2.32. The van der Waals surface area contributed by atoms with Crippen LogP contribution >= 0.6 is 11.6 Å². The fourth-order valence-corrected chi connectivity index (χ4v) is 3.60. The number of pyridine rings is 1. The molecule has 5 heteroatoms. The molecule has 0 bridgehead atoms. The van der Waals surface area contributed by atoms with Crippen molar-refractivity contribution in [1.29, 1.82) is 0 Å². The van der Waals surface area contributed by atoms with Gasteiger partial charge in [-0.2, -0.15) is 0 Å². The van der Waals surface area contributed by atoms with E-state index >= 15 is 0 Å². The molecule has 0 radical (unpaired) electrons. The Morgan fingerprint density at radius 3 is 2.81 bits per heavy atom. The molecule has 4 nitrogen and oxygen atoms in total. The summed E-state index contributed by atoms with van der Waals surface area (Å²) >= 11 is 6.22. The second-order valence-corrected chi connectivity index (χ2v) is 6.63. The first-order chi connectivity index (χ1) is 10.1. The molecule has 116 valence electrons. The van der Waals surface area contributed by atoms with Gasteiger partial charge in [-0.1, -0.05) is 30.9 Å². The van der Waals surface area contributed by atoms with Gasteiger partial charge in [0.1, 0.15) is 11.0 Å². The molecular formula is C16H23ClN2O2. The maximum absolute atomic E-state index is 10.9. The van der Waals surface area contributed by atoms with Crippen molar-refractivity contribution in [2.45, 2.75) is 50.7 Å². The zero-order valence-corrected chi connectivity index (χ0v) is 13.3. The number of hydrogen-bond acceptors (Lipinski definition) is 4. The van der Waals surface area contributed by atoms with Crippen molar-refractivity contribution in [2.24, 2.45) is 0 Å². The summed E-state index contributed by atoms with van der Waals surface area (Å²) in [6.45, 7) is 4.34. The molecule has 0 amide bonds. The van der Waals surface area contributed by atoms with E-state index in [0.29, 0.717) is 18.4 Å². The average Bonchev–Trinajstić information content (AvgIpc) is 2.48. The SMILES string of the molecule is CC1COCCN1c1cc(C2(O)CCCCC2)cc(Cl)n1. The van der Waals surface area contributed by atoms with Crippen LogP contribution in [0.15, 0.2) is 12.1 Å². The minimum Gasteiger partial charge on any atom is -0.385 e. The predicted molar refractivity (Wildman–Crippen MR) is 83.9 cm³/mol. The maximum Gasteiger partial charge on any atom is 0.131 e. The quantitative estimate of drug-likeness (QED) is 0.853. The Hall–Kier alpha value is -0.840. The lowest BCUT2D eigenvalue weighted by Crippen LogP contribution is -2.44. The second-order valence-electron chi connectivity index (χ2n) is 6.25. The van der Waals surface area contributed by atoms with Crippen molar-refractivity contribution in [3.63, 3.8) is 0 Å². The minimum atomic E-state index is -0.741. The highest BCUT2D eigenvalue weighted by Crippen LogP contribution is 2.39. The van der Waals surface area contributed by atoms with Crippen LogP contribution < -0.4 is 4.90 Å². The monoisotopic (exact) mass is 310 g/mol. The van der Waals surface area contributed by atoms with E-state index in [1.165, 1.54) is 6.42 Å². The van der Waals surface area contributed by atoms with Crippen LogP contribution in [0.5, 0.6) is 0 Å². The van der Waals surface area contributed by atoms with E-state index < -0.39 is 5.60 Å². The van der Waals surface area contributed by atoms with E-state index in [4.69, 9.17) is 16.3 Å². The summed E-state index contributed by atoms with van der Waals surface area (Å²) < 4.78 is 5.48. The first-order valence-electron chi connectivity index (χ1n) is 7.83. The van der Waals surface area contributed by atoms with Gasteiger partial charge in [-0.05, 0) is 37.5 Å². The van der Waals surface area contributed by atoms with E-state index in [9.17, 15) is 5.11 Å². The summed E-state index contributed by atoms with van der Waals surface area (Å²) in [7, 11) is 0. The Kier molecular flexibility index (Phi) is 4.38. The van der Waals surface area contributed by atoms with Gasteiger partial charge < -0.3 is 14.7 Å². The van der Waals surface area contributed by atoms with Crippen LogP contribution in [0.4, 0.5) is 5.82 Å². The van der Waals surface area contributed by atoms with Crippen LogP contribution in [0.3, 0.4) is 0 Å². The predicted octanol–water partition coefficient (Wildman–Crippen LogP) is 3.11. The molecule has 0 aromatic carbocycles. The fourth-order valence-electron chi connectivity index (χ4n) is 3.39. The Labute approximate surface area is 131 Å². The van der Waals surface area contributed by atoms with E-state index in [1.54, 1.807) is 0 Å². The van der Waals surface area contributed by atoms with E-state index in [0.717, 1.165) is 43.6 Å². The summed E-state index contributed by atoms with van der Waals surface area (Å²) in [4.78, 5) is 6.67. The molecule has 1 aliphatic heterocycles. The number of morpholine rings is 1. The molecule has 2 fully saturated rings. The Morgan fingerprint density at radius 2 is 2.10 bits per heavy atom. The standard InChI is InChI=1S/C16H23ClN2O2/c1-12-11-21-8-7-19(12)15-10-13(9-14(17)18-15)16(20)5-3-2-4-6-16/h9-10,12,20H,2-8,11H2,1H3. The minimum absolute atomic E-state index is 0.276. The van der Waals surface area contributed by atoms with Gasteiger partial charge in [0, 0.05) is 6.54 Å². The summed E-state index contributed by atoms with van der Waals surface area (Å²) in [6, 6.07) is 4.11. The van der Waals surface area contributed by atoms with Crippen LogP contribution in [0.1, 0.15) is 44.6 Å². The highest BCUT2D eigenvalue weighted by atomic mass is 35.5. The van der Waals surface area contributed by atoms with Gasteiger partial charge in [0.25, 0.3) is 0 Å². The van der Waals surface area contributed by atoms with Crippen molar-refractivity contribution < 1.29 is 9.84 Å². The van der Waals surface area contributed by atoms with Gasteiger partial charge in [0.2, 0.25) is 0 Å². The normalized spacial score (nSPS) is 25.9. The number of ether oxygens (including phenoxy) is 1. The Morgan fingerprint density at radius 1 is 1.33 bits per heavy atom. The third-order valence-corrected chi connectivity index (χ3v) is 4.85. The van der Waals surface area contributed by atoms with E-state index in [2.05, 4.69) is 16.8 Å². The van der Waals surface area contributed by atoms with E-state index in [1.807, 2.05) is 12.1 Å². The number of nitrogens with zero attached hydrogens (tertiary/aromatic N) is 2. The van der Waals surface area contributed by atoms with Gasteiger partial charge in [-0.3, -0.25) is 0 Å². The van der Waals surface area contributed by atoms with Crippen LogP contribution in [0.2, 0.25) is 5.15 Å². The van der Waals surface area contributed by atoms with Crippen LogP contribution in [-0.2, 0) is 10.3 Å². The third kappa shape index (κ3) is 3.17. The summed E-state index contributed by atoms with van der Waals surface area (Å²) in [5, 5.41) is 11.4. The van der Waals surface area contributed by atoms with Gasteiger partial charge in [-0.25, -0.2) is 4.98 Å². The van der Waals surface area contributed by atoms with Crippen LogP contribution in [0, 0.1) is 0 Å². The van der Waals surface area contributed by atoms with E-state index in [-0.39, 0.29) is 6.04 Å². The molecular weight excluding hydrogens is 288 g/mol. The van der Waals surface area contributed by atoms with Crippen LogP contribution in [-0.4, -0.2) is 35.9 Å². The number of hydrogen-bond donors (Lipinski definition) is 1. The lowest BCUT2D eigenvalue weighted by Gasteiger charge is -2.36.